The lowest BCUT2D eigenvalue weighted by Crippen LogP contribution is -2.36. The first-order valence-corrected chi connectivity index (χ1v) is 5.91. The zero-order valence-electron chi connectivity index (χ0n) is 10.2. The van der Waals surface area contributed by atoms with E-state index < -0.39 is 0 Å². The van der Waals surface area contributed by atoms with Crippen molar-refractivity contribution in [3.63, 3.8) is 0 Å². The van der Waals surface area contributed by atoms with E-state index in [4.69, 9.17) is 5.26 Å². The molecule has 3 nitrogen and oxygen atoms in total. The molecule has 1 unspecified atom stereocenters. The fourth-order valence-corrected chi connectivity index (χ4v) is 2.01. The van der Waals surface area contributed by atoms with Gasteiger partial charge in [-0.25, -0.2) is 0 Å². The van der Waals surface area contributed by atoms with Crippen LogP contribution >= 0.6 is 0 Å². The topological polar surface area (TPSA) is 44.1 Å². The molecule has 2 rings (SSSR count). The zero-order chi connectivity index (χ0) is 12.4. The lowest BCUT2D eigenvalue weighted by molar-refractivity contribution is 0.0727. The zero-order valence-corrected chi connectivity index (χ0v) is 10.2. The monoisotopic (exact) mass is 228 g/mol. The van der Waals surface area contributed by atoms with Crippen LogP contribution in [0.5, 0.6) is 0 Å². The van der Waals surface area contributed by atoms with Crippen LogP contribution in [-0.4, -0.2) is 23.9 Å². The molecule has 0 radical (unpaired) electrons. The summed E-state index contributed by atoms with van der Waals surface area (Å²) in [6, 6.07) is 9.22. The van der Waals surface area contributed by atoms with Gasteiger partial charge in [0.1, 0.15) is 0 Å². The van der Waals surface area contributed by atoms with Gasteiger partial charge in [-0.2, -0.15) is 5.26 Å². The number of nitrogens with zero attached hydrogens (tertiary/aromatic N) is 2. The fraction of sp³-hybridized carbons (Fsp3) is 0.429. The number of carbonyl (C=O) groups is 1. The highest BCUT2D eigenvalue weighted by atomic mass is 16.2. The molecule has 1 atom stereocenters. The summed E-state index contributed by atoms with van der Waals surface area (Å²) in [5.74, 6) is 0.657. The van der Waals surface area contributed by atoms with Gasteiger partial charge >= 0.3 is 0 Å². The van der Waals surface area contributed by atoms with Crippen molar-refractivity contribution in [2.45, 2.75) is 25.8 Å². The molecule has 1 amide bonds. The second-order valence-corrected chi connectivity index (χ2v) is 4.69. The molecule has 1 aliphatic carbocycles. The van der Waals surface area contributed by atoms with Crippen LogP contribution in [0.25, 0.3) is 0 Å². The highest BCUT2D eigenvalue weighted by Gasteiger charge is 2.32. The third-order valence-electron chi connectivity index (χ3n) is 3.47. The molecular weight excluding hydrogens is 212 g/mol. The molecule has 0 N–H and O–H groups in total. The van der Waals surface area contributed by atoms with Gasteiger partial charge in [0.05, 0.1) is 11.6 Å². The molecule has 0 saturated heterocycles. The second kappa shape index (κ2) is 4.58. The van der Waals surface area contributed by atoms with Gasteiger partial charge in [-0.1, -0.05) is 6.07 Å². The van der Waals surface area contributed by atoms with Crippen molar-refractivity contribution >= 4 is 5.91 Å². The fourth-order valence-electron chi connectivity index (χ4n) is 2.01. The largest absolute Gasteiger partial charge is 0.339 e. The molecule has 1 aliphatic rings. The summed E-state index contributed by atoms with van der Waals surface area (Å²) < 4.78 is 0. The van der Waals surface area contributed by atoms with E-state index >= 15 is 0 Å². The third kappa shape index (κ3) is 2.47. The van der Waals surface area contributed by atoms with Gasteiger partial charge in [0, 0.05) is 18.7 Å². The molecule has 3 heteroatoms. The molecule has 1 aromatic rings. The summed E-state index contributed by atoms with van der Waals surface area (Å²) in [6.45, 7) is 2.09. The summed E-state index contributed by atoms with van der Waals surface area (Å²) in [5, 5.41) is 8.81. The lowest BCUT2D eigenvalue weighted by Gasteiger charge is -2.25. The third-order valence-corrected chi connectivity index (χ3v) is 3.47. The average Bonchev–Trinajstić information content (AvgIpc) is 3.20. The lowest BCUT2D eigenvalue weighted by atomic mass is 10.1. The SMILES string of the molecule is CC(C1CC1)N(C)C(=O)c1cccc(C#N)c1. The van der Waals surface area contributed by atoms with E-state index in [1.165, 1.54) is 12.8 Å². The first-order valence-electron chi connectivity index (χ1n) is 5.91. The summed E-state index contributed by atoms with van der Waals surface area (Å²) in [5.41, 5.74) is 1.13. The smallest absolute Gasteiger partial charge is 0.253 e. The number of hydrogen-bond donors (Lipinski definition) is 0. The second-order valence-electron chi connectivity index (χ2n) is 4.69. The van der Waals surface area contributed by atoms with Crippen molar-refractivity contribution in [2.24, 2.45) is 5.92 Å². The van der Waals surface area contributed by atoms with Crippen molar-refractivity contribution in [3.05, 3.63) is 35.4 Å². The molecule has 0 bridgehead atoms. The highest BCUT2D eigenvalue weighted by molar-refractivity contribution is 5.94. The van der Waals surface area contributed by atoms with Crippen molar-refractivity contribution in [1.29, 1.82) is 5.26 Å². The minimum Gasteiger partial charge on any atom is -0.339 e. The number of nitriles is 1. The van der Waals surface area contributed by atoms with E-state index in [9.17, 15) is 4.79 Å². The normalized spacial score (nSPS) is 16.1. The average molecular weight is 228 g/mol. The van der Waals surface area contributed by atoms with Crippen molar-refractivity contribution in [3.8, 4) is 6.07 Å². The maximum atomic E-state index is 12.2. The molecular formula is C14H16N2O. The molecule has 0 aliphatic heterocycles. The van der Waals surface area contributed by atoms with Gasteiger partial charge in [-0.05, 0) is 43.9 Å². The van der Waals surface area contributed by atoms with Gasteiger partial charge < -0.3 is 4.90 Å². The number of benzene rings is 1. The van der Waals surface area contributed by atoms with E-state index in [1.807, 2.05) is 7.05 Å². The predicted octanol–water partition coefficient (Wildman–Crippen LogP) is 2.43. The van der Waals surface area contributed by atoms with Crippen LogP contribution in [0.15, 0.2) is 24.3 Å². The predicted molar refractivity (Wildman–Crippen MR) is 65.4 cm³/mol. The van der Waals surface area contributed by atoms with Crippen LogP contribution in [0, 0.1) is 17.2 Å². The van der Waals surface area contributed by atoms with E-state index in [1.54, 1.807) is 29.2 Å². The van der Waals surface area contributed by atoms with Crippen LogP contribution in [-0.2, 0) is 0 Å². The Morgan fingerprint density at radius 2 is 2.24 bits per heavy atom. The molecule has 0 aromatic heterocycles. The Morgan fingerprint density at radius 1 is 1.53 bits per heavy atom. The van der Waals surface area contributed by atoms with Crippen LogP contribution < -0.4 is 0 Å². The Balaban J connectivity index is 2.15. The molecule has 0 spiro atoms. The van der Waals surface area contributed by atoms with Gasteiger partial charge in [-0.15, -0.1) is 0 Å². The Kier molecular flexibility index (Phi) is 3.14. The van der Waals surface area contributed by atoms with Gasteiger partial charge in [0.25, 0.3) is 5.91 Å². The van der Waals surface area contributed by atoms with E-state index in [0.717, 1.165) is 0 Å². The maximum absolute atomic E-state index is 12.2. The number of rotatable bonds is 3. The van der Waals surface area contributed by atoms with Crippen LogP contribution in [0.1, 0.15) is 35.7 Å². The number of carbonyl (C=O) groups excluding carboxylic acids is 1. The first kappa shape index (κ1) is 11.7. The number of hydrogen-bond acceptors (Lipinski definition) is 2. The Hall–Kier alpha value is -1.82. The molecule has 88 valence electrons. The first-order chi connectivity index (χ1) is 8.13. The number of amides is 1. The molecule has 1 aromatic carbocycles. The van der Waals surface area contributed by atoms with E-state index in [0.29, 0.717) is 17.0 Å². The van der Waals surface area contributed by atoms with Crippen LogP contribution in [0.2, 0.25) is 0 Å². The Bertz CT molecular complexity index is 471. The summed E-state index contributed by atoms with van der Waals surface area (Å²) >= 11 is 0. The van der Waals surface area contributed by atoms with Gasteiger partial charge in [-0.3, -0.25) is 4.79 Å². The Morgan fingerprint density at radius 3 is 2.82 bits per heavy atom. The van der Waals surface area contributed by atoms with E-state index in [2.05, 4.69) is 13.0 Å². The maximum Gasteiger partial charge on any atom is 0.253 e. The van der Waals surface area contributed by atoms with Gasteiger partial charge in [0.15, 0.2) is 0 Å². The summed E-state index contributed by atoms with van der Waals surface area (Å²) in [7, 11) is 1.84. The summed E-state index contributed by atoms with van der Waals surface area (Å²) in [4.78, 5) is 14.0. The van der Waals surface area contributed by atoms with Crippen molar-refractivity contribution < 1.29 is 4.79 Å². The molecule has 0 heterocycles. The minimum absolute atomic E-state index is 0.00139. The molecule has 1 saturated carbocycles. The van der Waals surface area contributed by atoms with Gasteiger partial charge in [0.2, 0.25) is 0 Å². The Labute approximate surface area is 102 Å². The van der Waals surface area contributed by atoms with Crippen molar-refractivity contribution in [2.75, 3.05) is 7.05 Å². The highest BCUT2D eigenvalue weighted by Crippen LogP contribution is 2.35. The molecule has 1 fully saturated rings. The minimum atomic E-state index is 0.00139. The summed E-state index contributed by atoms with van der Waals surface area (Å²) in [6.07, 6.45) is 2.44. The van der Waals surface area contributed by atoms with Crippen LogP contribution in [0.3, 0.4) is 0 Å². The van der Waals surface area contributed by atoms with E-state index in [-0.39, 0.29) is 11.9 Å². The quantitative estimate of drug-likeness (QED) is 0.797. The molecule has 17 heavy (non-hydrogen) atoms. The standard InChI is InChI=1S/C14H16N2O/c1-10(12-6-7-12)16(2)14(17)13-5-3-4-11(8-13)9-15/h3-5,8,10,12H,6-7H2,1-2H3. The van der Waals surface area contributed by atoms with Crippen LogP contribution in [0.4, 0.5) is 0 Å². The van der Waals surface area contributed by atoms with Crippen molar-refractivity contribution in [1.82, 2.24) is 4.90 Å².